The Morgan fingerprint density at radius 2 is 1.48 bits per heavy atom. The van der Waals surface area contributed by atoms with Crippen LogP contribution in [-0.4, -0.2) is 22.3 Å². The van der Waals surface area contributed by atoms with E-state index in [1.54, 1.807) is 0 Å². The highest BCUT2D eigenvalue weighted by Gasteiger charge is 1.96. The summed E-state index contributed by atoms with van der Waals surface area (Å²) >= 11 is 0. The van der Waals surface area contributed by atoms with Gasteiger partial charge < -0.3 is 10.2 Å². The summed E-state index contributed by atoms with van der Waals surface area (Å²) in [6.45, 7) is 2.16. The Balaban J connectivity index is 3.61. The molecule has 0 amide bonds. The van der Waals surface area contributed by atoms with Crippen molar-refractivity contribution in [3.63, 3.8) is 0 Å². The maximum Gasteiger partial charge on any atom is 0.303 e. The molecule has 0 fully saturated rings. The van der Waals surface area contributed by atoms with E-state index < -0.39 is 5.97 Å². The van der Waals surface area contributed by atoms with Crippen LogP contribution in [0.15, 0.2) is 60.8 Å². The molecule has 0 aromatic rings. The molecule has 0 saturated heterocycles. The van der Waals surface area contributed by atoms with Gasteiger partial charge in [0.2, 0.25) is 0 Å². The van der Waals surface area contributed by atoms with E-state index in [0.29, 0.717) is 6.42 Å². The first kappa shape index (κ1) is 23.1. The molecule has 3 nitrogen and oxygen atoms in total. The quantitative estimate of drug-likeness (QED) is 0.226. The number of carboxylic acid groups (broad SMARTS) is 1. The summed E-state index contributed by atoms with van der Waals surface area (Å²) in [5.74, 6) is -0.752. The van der Waals surface area contributed by atoms with E-state index in [4.69, 9.17) is 5.11 Å². The normalized spacial score (nSPS) is 14.0. The highest BCUT2D eigenvalue weighted by molar-refractivity contribution is 5.66. The van der Waals surface area contributed by atoms with Gasteiger partial charge in [0.25, 0.3) is 0 Å². The zero-order chi connectivity index (χ0) is 18.6. The maximum atomic E-state index is 10.3. The summed E-state index contributed by atoms with van der Waals surface area (Å²) < 4.78 is 0. The van der Waals surface area contributed by atoms with Crippen LogP contribution in [0.4, 0.5) is 0 Å². The van der Waals surface area contributed by atoms with E-state index in [1.807, 2.05) is 30.4 Å². The molecule has 0 unspecified atom stereocenters. The lowest BCUT2D eigenvalue weighted by Gasteiger charge is -2.02. The minimum atomic E-state index is -0.752. The lowest BCUT2D eigenvalue weighted by atomic mass is 10.1. The van der Waals surface area contributed by atoms with E-state index in [9.17, 15) is 9.90 Å². The predicted octanol–water partition coefficient (Wildman–Crippen LogP) is 5.74. The molecule has 0 heterocycles. The van der Waals surface area contributed by atoms with Gasteiger partial charge in [0.1, 0.15) is 0 Å². The molecule has 0 spiro atoms. The van der Waals surface area contributed by atoms with Crippen LogP contribution in [0, 0.1) is 0 Å². The summed E-state index contributed by atoms with van der Waals surface area (Å²) in [5.41, 5.74) is 0. The van der Waals surface area contributed by atoms with Gasteiger partial charge in [0.15, 0.2) is 0 Å². The van der Waals surface area contributed by atoms with Crippen molar-refractivity contribution in [3.05, 3.63) is 60.8 Å². The van der Waals surface area contributed by atoms with Gasteiger partial charge in [-0.2, -0.15) is 0 Å². The fraction of sp³-hybridized carbons (Fsp3) is 0.500. The standard InChI is InChI=1S/C22H34O3/c1-2-3-15-18-21(23)19-16-13-11-9-7-5-4-6-8-10-12-14-17-20-22(24)25/h5-8,11-14,16,19,21,23H,2-4,9-10,15,17-18,20H2,1H3,(H,24,25)/t21-/m1/s1. The molecule has 0 aromatic carbocycles. The summed E-state index contributed by atoms with van der Waals surface area (Å²) in [6.07, 6.45) is 27.6. The highest BCUT2D eigenvalue weighted by atomic mass is 16.4. The minimum absolute atomic E-state index is 0.198. The third-order valence-electron chi connectivity index (χ3n) is 3.53. The Hall–Kier alpha value is -1.87. The summed E-state index contributed by atoms with van der Waals surface area (Å²) in [4.78, 5) is 10.3. The third-order valence-corrected chi connectivity index (χ3v) is 3.53. The first-order valence-electron chi connectivity index (χ1n) is 9.35. The molecule has 0 aliphatic rings. The minimum Gasteiger partial charge on any atom is -0.481 e. The number of allylic oxidation sites excluding steroid dienone is 9. The number of carbonyl (C=O) groups is 1. The topological polar surface area (TPSA) is 57.5 Å². The molecule has 1 atom stereocenters. The molecule has 3 heteroatoms. The van der Waals surface area contributed by atoms with Crippen LogP contribution in [0.1, 0.15) is 64.7 Å². The lowest BCUT2D eigenvalue weighted by molar-refractivity contribution is -0.136. The van der Waals surface area contributed by atoms with E-state index in [1.165, 1.54) is 12.8 Å². The van der Waals surface area contributed by atoms with E-state index >= 15 is 0 Å². The van der Waals surface area contributed by atoms with Gasteiger partial charge in [-0.15, -0.1) is 0 Å². The predicted molar refractivity (Wildman–Crippen MR) is 107 cm³/mol. The van der Waals surface area contributed by atoms with Crippen LogP contribution >= 0.6 is 0 Å². The average molecular weight is 347 g/mol. The van der Waals surface area contributed by atoms with Gasteiger partial charge in [0.05, 0.1) is 6.10 Å². The van der Waals surface area contributed by atoms with Crippen LogP contribution in [0.25, 0.3) is 0 Å². The largest absolute Gasteiger partial charge is 0.481 e. The zero-order valence-electron chi connectivity index (χ0n) is 15.5. The molecule has 140 valence electrons. The van der Waals surface area contributed by atoms with Crippen LogP contribution in [0.2, 0.25) is 0 Å². The molecular weight excluding hydrogens is 312 g/mol. The Kier molecular flexibility index (Phi) is 17.1. The fourth-order valence-corrected chi connectivity index (χ4v) is 2.09. The number of carboxylic acids is 1. The van der Waals surface area contributed by atoms with Crippen molar-refractivity contribution in [1.29, 1.82) is 0 Å². The second-order valence-electron chi connectivity index (χ2n) is 5.93. The highest BCUT2D eigenvalue weighted by Crippen LogP contribution is 2.04. The molecule has 0 saturated carbocycles. The van der Waals surface area contributed by atoms with Gasteiger partial charge in [0, 0.05) is 6.42 Å². The second kappa shape index (κ2) is 18.5. The molecular formula is C22H34O3. The molecule has 0 bridgehead atoms. The van der Waals surface area contributed by atoms with E-state index in [0.717, 1.165) is 32.1 Å². The molecule has 0 aromatic heterocycles. The average Bonchev–Trinajstić information content (AvgIpc) is 2.58. The molecule has 0 aliphatic heterocycles. The molecule has 0 radical (unpaired) electrons. The van der Waals surface area contributed by atoms with Gasteiger partial charge in [-0.3, -0.25) is 4.79 Å². The van der Waals surface area contributed by atoms with Gasteiger partial charge in [-0.25, -0.2) is 0 Å². The van der Waals surface area contributed by atoms with Gasteiger partial charge in [-0.1, -0.05) is 86.9 Å². The molecule has 25 heavy (non-hydrogen) atoms. The SMILES string of the molecule is CCCCC[C@@H](O)C=CC=CCC=CCC=CCC=CCCC(=O)O. The number of aliphatic carboxylic acids is 1. The second-order valence-corrected chi connectivity index (χ2v) is 5.93. The summed E-state index contributed by atoms with van der Waals surface area (Å²) in [5, 5.41) is 18.2. The maximum absolute atomic E-state index is 10.3. The molecule has 0 aliphatic carbocycles. The monoisotopic (exact) mass is 346 g/mol. The van der Waals surface area contributed by atoms with Crippen molar-refractivity contribution in [2.45, 2.75) is 70.8 Å². The number of unbranched alkanes of at least 4 members (excludes halogenated alkanes) is 2. The fourth-order valence-electron chi connectivity index (χ4n) is 2.09. The Bertz CT molecular complexity index is 456. The van der Waals surface area contributed by atoms with Crippen LogP contribution in [-0.2, 0) is 4.79 Å². The lowest BCUT2D eigenvalue weighted by Crippen LogP contribution is -2.00. The number of aliphatic hydroxyl groups excluding tert-OH is 1. The van der Waals surface area contributed by atoms with Crippen molar-refractivity contribution in [2.75, 3.05) is 0 Å². The zero-order valence-corrected chi connectivity index (χ0v) is 15.5. The van der Waals surface area contributed by atoms with E-state index in [-0.39, 0.29) is 12.5 Å². The summed E-state index contributed by atoms with van der Waals surface area (Å²) in [6, 6.07) is 0. The van der Waals surface area contributed by atoms with Crippen molar-refractivity contribution in [1.82, 2.24) is 0 Å². The number of hydrogen-bond acceptors (Lipinski definition) is 2. The number of hydrogen-bond donors (Lipinski definition) is 2. The Morgan fingerprint density at radius 1 is 0.880 bits per heavy atom. The molecule has 0 rings (SSSR count). The van der Waals surface area contributed by atoms with Crippen LogP contribution < -0.4 is 0 Å². The van der Waals surface area contributed by atoms with Crippen molar-refractivity contribution >= 4 is 5.97 Å². The first-order valence-corrected chi connectivity index (χ1v) is 9.35. The van der Waals surface area contributed by atoms with Gasteiger partial charge >= 0.3 is 5.97 Å². The van der Waals surface area contributed by atoms with E-state index in [2.05, 4.69) is 37.3 Å². The number of rotatable bonds is 15. The van der Waals surface area contributed by atoms with Crippen LogP contribution in [0.3, 0.4) is 0 Å². The van der Waals surface area contributed by atoms with Crippen molar-refractivity contribution in [3.8, 4) is 0 Å². The summed E-state index contributed by atoms with van der Waals surface area (Å²) in [7, 11) is 0. The number of aliphatic hydroxyl groups is 1. The Morgan fingerprint density at radius 3 is 2.08 bits per heavy atom. The Labute approximate surface area is 153 Å². The smallest absolute Gasteiger partial charge is 0.303 e. The third kappa shape index (κ3) is 20.1. The first-order chi connectivity index (χ1) is 12.2. The van der Waals surface area contributed by atoms with Gasteiger partial charge in [-0.05, 0) is 32.1 Å². The van der Waals surface area contributed by atoms with Crippen molar-refractivity contribution in [2.24, 2.45) is 0 Å². The van der Waals surface area contributed by atoms with Crippen molar-refractivity contribution < 1.29 is 15.0 Å². The van der Waals surface area contributed by atoms with Crippen LogP contribution in [0.5, 0.6) is 0 Å². The molecule has 2 N–H and O–H groups in total.